The number of halogens is 1. The normalized spacial score (nSPS) is 10.7. The number of nitrogens with one attached hydrogen (secondary N) is 1. The minimum absolute atomic E-state index is 0.0545. The average Bonchev–Trinajstić information content (AvgIpc) is 3.08. The molecule has 5 nitrogen and oxygen atoms in total. The summed E-state index contributed by atoms with van der Waals surface area (Å²) >= 11 is 7.30. The topological polar surface area (TPSA) is 68.0 Å². The lowest BCUT2D eigenvalue weighted by Crippen LogP contribution is -2.15. The lowest BCUT2D eigenvalue weighted by molar-refractivity contribution is -0.113. The van der Waals surface area contributed by atoms with Gasteiger partial charge in [0.2, 0.25) is 17.6 Å². The molecule has 0 saturated carbocycles. The minimum atomic E-state index is -0.0545. The van der Waals surface area contributed by atoms with E-state index in [-0.39, 0.29) is 5.91 Å². The number of thioether (sulfide) groups is 1. The molecule has 3 aromatic rings. The van der Waals surface area contributed by atoms with Crippen molar-refractivity contribution in [2.75, 3.05) is 11.1 Å². The second kappa shape index (κ2) is 8.38. The van der Waals surface area contributed by atoms with E-state index in [1.165, 1.54) is 11.8 Å². The third kappa shape index (κ3) is 4.86. The Kier molecular flexibility index (Phi) is 5.96. The van der Waals surface area contributed by atoms with E-state index in [0.717, 1.165) is 22.4 Å². The molecule has 0 aliphatic rings. The van der Waals surface area contributed by atoms with Gasteiger partial charge in [-0.3, -0.25) is 4.79 Å². The third-order valence-corrected chi connectivity index (χ3v) is 4.87. The van der Waals surface area contributed by atoms with Crippen molar-refractivity contribution in [1.82, 2.24) is 10.1 Å². The van der Waals surface area contributed by atoms with Crippen molar-refractivity contribution < 1.29 is 9.32 Å². The van der Waals surface area contributed by atoms with Crippen LogP contribution in [0.15, 0.2) is 47.0 Å². The highest BCUT2D eigenvalue weighted by atomic mass is 35.5. The molecular weight excluding hydrogens is 370 g/mol. The second-order valence-corrected chi connectivity index (χ2v) is 7.30. The van der Waals surface area contributed by atoms with Gasteiger partial charge in [-0.05, 0) is 55.3 Å². The fraction of sp³-hybridized carbons (Fsp3) is 0.211. The predicted octanol–water partition coefficient (Wildman–Crippen LogP) is 4.88. The molecule has 7 heteroatoms. The van der Waals surface area contributed by atoms with Gasteiger partial charge in [0.25, 0.3) is 0 Å². The summed E-state index contributed by atoms with van der Waals surface area (Å²) in [5, 5.41) is 7.55. The summed E-state index contributed by atoms with van der Waals surface area (Å²) in [4.78, 5) is 16.5. The van der Waals surface area contributed by atoms with Crippen LogP contribution in [0.4, 0.5) is 5.69 Å². The Bertz CT molecular complexity index is 909. The van der Waals surface area contributed by atoms with Crippen LogP contribution in [-0.4, -0.2) is 21.8 Å². The van der Waals surface area contributed by atoms with E-state index in [9.17, 15) is 4.79 Å². The number of carbonyl (C=O) groups is 1. The average molecular weight is 388 g/mol. The van der Waals surface area contributed by atoms with Gasteiger partial charge in [-0.25, -0.2) is 0 Å². The van der Waals surface area contributed by atoms with E-state index in [1.807, 2.05) is 44.2 Å². The molecule has 0 spiro atoms. The molecule has 1 N–H and O–H groups in total. The molecule has 0 aliphatic carbocycles. The molecule has 0 radical (unpaired) electrons. The molecule has 1 amide bonds. The van der Waals surface area contributed by atoms with E-state index < -0.39 is 0 Å². The number of carbonyl (C=O) groups excluding carboxylic acids is 1. The maximum absolute atomic E-state index is 12.1. The molecule has 26 heavy (non-hydrogen) atoms. The van der Waals surface area contributed by atoms with Crippen molar-refractivity contribution in [3.05, 3.63) is 64.5 Å². The van der Waals surface area contributed by atoms with Crippen molar-refractivity contribution in [2.24, 2.45) is 0 Å². The number of rotatable bonds is 6. The zero-order chi connectivity index (χ0) is 18.5. The van der Waals surface area contributed by atoms with Crippen LogP contribution in [0.2, 0.25) is 5.02 Å². The summed E-state index contributed by atoms with van der Waals surface area (Å²) in [7, 11) is 0. The molecule has 2 aromatic carbocycles. The number of benzene rings is 2. The standard InChI is InChI=1S/C19H18ClN3O2S/c1-12-3-4-13(2)16(9-12)21-17(24)10-26-11-18-22-19(23-25-18)14-5-7-15(20)8-6-14/h3-9H,10-11H2,1-2H3,(H,21,24). The van der Waals surface area contributed by atoms with Crippen LogP contribution < -0.4 is 5.32 Å². The number of hydrogen-bond acceptors (Lipinski definition) is 5. The van der Waals surface area contributed by atoms with Crippen LogP contribution in [0, 0.1) is 13.8 Å². The highest BCUT2D eigenvalue weighted by Crippen LogP contribution is 2.21. The molecule has 0 unspecified atom stereocenters. The first-order valence-electron chi connectivity index (χ1n) is 8.04. The van der Waals surface area contributed by atoms with E-state index in [2.05, 4.69) is 15.5 Å². The molecule has 0 bridgehead atoms. The van der Waals surface area contributed by atoms with Crippen molar-refractivity contribution >= 4 is 35.0 Å². The zero-order valence-corrected chi connectivity index (χ0v) is 16.0. The van der Waals surface area contributed by atoms with Crippen LogP contribution in [-0.2, 0) is 10.5 Å². The Labute approximate surface area is 161 Å². The van der Waals surface area contributed by atoms with Gasteiger partial charge >= 0.3 is 0 Å². The van der Waals surface area contributed by atoms with Gasteiger partial charge in [0, 0.05) is 16.3 Å². The van der Waals surface area contributed by atoms with Gasteiger partial charge in [-0.1, -0.05) is 28.9 Å². The quantitative estimate of drug-likeness (QED) is 0.652. The maximum atomic E-state index is 12.1. The molecule has 1 heterocycles. The first-order valence-corrected chi connectivity index (χ1v) is 9.58. The molecular formula is C19H18ClN3O2S. The largest absolute Gasteiger partial charge is 0.338 e. The van der Waals surface area contributed by atoms with Gasteiger partial charge < -0.3 is 9.84 Å². The molecule has 134 valence electrons. The number of aromatic nitrogens is 2. The minimum Gasteiger partial charge on any atom is -0.338 e. The lowest BCUT2D eigenvalue weighted by atomic mass is 10.1. The number of hydrogen-bond donors (Lipinski definition) is 1. The van der Waals surface area contributed by atoms with E-state index in [0.29, 0.717) is 28.2 Å². The summed E-state index contributed by atoms with van der Waals surface area (Å²) in [6.45, 7) is 3.97. The molecule has 0 aliphatic heterocycles. The second-order valence-electron chi connectivity index (χ2n) is 5.88. The first kappa shape index (κ1) is 18.5. The highest BCUT2D eigenvalue weighted by Gasteiger charge is 2.10. The Morgan fingerprint density at radius 2 is 1.96 bits per heavy atom. The first-order chi connectivity index (χ1) is 12.5. The van der Waals surface area contributed by atoms with Crippen LogP contribution in [0.25, 0.3) is 11.4 Å². The van der Waals surface area contributed by atoms with Gasteiger partial charge in [-0.15, -0.1) is 11.8 Å². The molecule has 1 aromatic heterocycles. The summed E-state index contributed by atoms with van der Waals surface area (Å²) < 4.78 is 5.24. The number of aryl methyl sites for hydroxylation is 2. The zero-order valence-electron chi connectivity index (χ0n) is 14.5. The van der Waals surface area contributed by atoms with E-state index in [1.54, 1.807) is 12.1 Å². The Balaban J connectivity index is 1.51. The Morgan fingerprint density at radius 1 is 1.19 bits per heavy atom. The number of anilines is 1. The predicted molar refractivity (Wildman–Crippen MR) is 105 cm³/mol. The fourth-order valence-electron chi connectivity index (χ4n) is 2.32. The summed E-state index contributed by atoms with van der Waals surface area (Å²) in [6, 6.07) is 13.2. The maximum Gasteiger partial charge on any atom is 0.236 e. The van der Waals surface area contributed by atoms with Gasteiger partial charge in [-0.2, -0.15) is 4.98 Å². The van der Waals surface area contributed by atoms with Crippen molar-refractivity contribution in [3.63, 3.8) is 0 Å². The Hall–Kier alpha value is -2.31. The molecule has 3 rings (SSSR count). The van der Waals surface area contributed by atoms with Crippen molar-refractivity contribution in [2.45, 2.75) is 19.6 Å². The van der Waals surface area contributed by atoms with Crippen LogP contribution in [0.5, 0.6) is 0 Å². The van der Waals surface area contributed by atoms with Gasteiger partial charge in [0.1, 0.15) is 0 Å². The third-order valence-electron chi connectivity index (χ3n) is 3.70. The monoisotopic (exact) mass is 387 g/mol. The van der Waals surface area contributed by atoms with Crippen molar-refractivity contribution in [3.8, 4) is 11.4 Å². The lowest BCUT2D eigenvalue weighted by Gasteiger charge is -2.08. The van der Waals surface area contributed by atoms with Gasteiger partial charge in [0.05, 0.1) is 11.5 Å². The summed E-state index contributed by atoms with van der Waals surface area (Å²) in [5.41, 5.74) is 3.83. The van der Waals surface area contributed by atoms with Gasteiger partial charge in [0.15, 0.2) is 0 Å². The molecule has 0 atom stereocenters. The SMILES string of the molecule is Cc1ccc(C)c(NC(=O)CSCc2nc(-c3ccc(Cl)cc3)no2)c1. The number of nitrogens with zero attached hydrogens (tertiary/aromatic N) is 2. The smallest absolute Gasteiger partial charge is 0.236 e. The highest BCUT2D eigenvalue weighted by molar-refractivity contribution is 7.99. The summed E-state index contributed by atoms with van der Waals surface area (Å²) in [6.07, 6.45) is 0. The Morgan fingerprint density at radius 3 is 2.73 bits per heavy atom. The molecule has 0 fully saturated rings. The van der Waals surface area contributed by atoms with Crippen LogP contribution >= 0.6 is 23.4 Å². The van der Waals surface area contributed by atoms with Crippen LogP contribution in [0.3, 0.4) is 0 Å². The van der Waals surface area contributed by atoms with Crippen molar-refractivity contribution in [1.29, 1.82) is 0 Å². The van der Waals surface area contributed by atoms with E-state index in [4.69, 9.17) is 16.1 Å². The fourth-order valence-corrected chi connectivity index (χ4v) is 3.10. The van der Waals surface area contributed by atoms with E-state index >= 15 is 0 Å². The number of amides is 1. The summed E-state index contributed by atoms with van der Waals surface area (Å²) in [5.74, 6) is 1.73. The van der Waals surface area contributed by atoms with Crippen LogP contribution in [0.1, 0.15) is 17.0 Å². The molecule has 0 saturated heterocycles.